The smallest absolute Gasteiger partial charge is 0.408 e. The zero-order valence-electron chi connectivity index (χ0n) is 12.1. The Morgan fingerprint density at radius 2 is 1.41 bits per heavy atom. The molecule has 0 bridgehead atoms. The Morgan fingerprint density at radius 3 is 1.95 bits per heavy atom. The summed E-state index contributed by atoms with van der Waals surface area (Å²) in [7, 11) is 1.20. The maximum absolute atomic E-state index is 11.1. The molecule has 0 rings (SSSR count). The molecule has 0 aromatic rings. The standard InChI is InChI=1S/C11H19N3O8/c1-19-9(16)13-8-14-11(18)22-7-5-20-4-6-21-10(17)12-2-3-15/h3H,2,4-8H2,1H3,(H,12,17)(H,13,16)(H,14,18). The van der Waals surface area contributed by atoms with Gasteiger partial charge in [0.25, 0.3) is 0 Å². The second-order valence-electron chi connectivity index (χ2n) is 3.45. The van der Waals surface area contributed by atoms with Gasteiger partial charge in [-0.3, -0.25) is 0 Å². The summed E-state index contributed by atoms with van der Waals surface area (Å²) in [5.41, 5.74) is 0. The fourth-order valence-electron chi connectivity index (χ4n) is 0.976. The van der Waals surface area contributed by atoms with E-state index in [0.717, 1.165) is 0 Å². The van der Waals surface area contributed by atoms with Crippen LogP contribution in [0.2, 0.25) is 0 Å². The quantitative estimate of drug-likeness (QED) is 0.201. The molecule has 0 aliphatic rings. The van der Waals surface area contributed by atoms with Gasteiger partial charge in [0.15, 0.2) is 0 Å². The van der Waals surface area contributed by atoms with E-state index >= 15 is 0 Å². The van der Waals surface area contributed by atoms with Crippen LogP contribution in [0.5, 0.6) is 0 Å². The first-order valence-electron chi connectivity index (χ1n) is 6.24. The highest BCUT2D eigenvalue weighted by molar-refractivity contribution is 5.71. The van der Waals surface area contributed by atoms with Crippen LogP contribution in [0.3, 0.4) is 0 Å². The molecule has 126 valence electrons. The van der Waals surface area contributed by atoms with E-state index in [1.807, 2.05) is 0 Å². The van der Waals surface area contributed by atoms with E-state index < -0.39 is 18.3 Å². The second kappa shape index (κ2) is 13.4. The Balaban J connectivity index is 3.35. The van der Waals surface area contributed by atoms with Gasteiger partial charge in [-0.1, -0.05) is 0 Å². The van der Waals surface area contributed by atoms with E-state index in [1.54, 1.807) is 0 Å². The molecular formula is C11H19N3O8. The summed E-state index contributed by atoms with van der Waals surface area (Å²) in [5.74, 6) is 0. The van der Waals surface area contributed by atoms with Crippen molar-refractivity contribution in [2.24, 2.45) is 0 Å². The van der Waals surface area contributed by atoms with E-state index in [1.165, 1.54) is 7.11 Å². The highest BCUT2D eigenvalue weighted by Gasteiger charge is 2.03. The van der Waals surface area contributed by atoms with E-state index in [0.29, 0.717) is 6.29 Å². The Bertz CT molecular complexity index is 363. The monoisotopic (exact) mass is 321 g/mol. The minimum Gasteiger partial charge on any atom is -0.453 e. The zero-order valence-corrected chi connectivity index (χ0v) is 12.1. The molecule has 0 aromatic heterocycles. The normalized spacial score (nSPS) is 9.32. The van der Waals surface area contributed by atoms with Crippen molar-refractivity contribution in [2.45, 2.75) is 0 Å². The average molecular weight is 321 g/mol. The fraction of sp³-hybridized carbons (Fsp3) is 0.636. The number of rotatable bonds is 10. The molecule has 0 saturated heterocycles. The number of methoxy groups -OCH3 is 1. The maximum Gasteiger partial charge on any atom is 0.408 e. The number of ether oxygens (including phenoxy) is 4. The maximum atomic E-state index is 11.1. The van der Waals surface area contributed by atoms with Gasteiger partial charge in [0, 0.05) is 0 Å². The van der Waals surface area contributed by atoms with Gasteiger partial charge in [-0.25, -0.2) is 14.4 Å². The lowest BCUT2D eigenvalue weighted by molar-refractivity contribution is -0.107. The van der Waals surface area contributed by atoms with Gasteiger partial charge < -0.3 is 39.7 Å². The van der Waals surface area contributed by atoms with Crippen molar-refractivity contribution in [3.63, 3.8) is 0 Å². The summed E-state index contributed by atoms with van der Waals surface area (Å²) in [4.78, 5) is 42.6. The molecule has 3 N–H and O–H groups in total. The molecule has 0 aliphatic heterocycles. The Kier molecular flexibility index (Phi) is 11.9. The van der Waals surface area contributed by atoms with Crippen molar-refractivity contribution in [1.82, 2.24) is 16.0 Å². The van der Waals surface area contributed by atoms with Crippen molar-refractivity contribution in [2.75, 3.05) is 46.8 Å². The molecule has 0 heterocycles. The van der Waals surface area contributed by atoms with Crippen LogP contribution in [0.15, 0.2) is 0 Å². The number of hydrogen-bond acceptors (Lipinski definition) is 8. The molecule has 11 heteroatoms. The number of carbonyl (C=O) groups excluding carboxylic acids is 4. The third-order valence-electron chi connectivity index (χ3n) is 1.90. The number of alkyl carbamates (subject to hydrolysis) is 3. The van der Waals surface area contributed by atoms with Gasteiger partial charge in [-0.2, -0.15) is 0 Å². The lowest BCUT2D eigenvalue weighted by Gasteiger charge is -2.08. The van der Waals surface area contributed by atoms with Crippen LogP contribution in [0, 0.1) is 0 Å². The zero-order chi connectivity index (χ0) is 16.6. The van der Waals surface area contributed by atoms with Crippen molar-refractivity contribution in [3.8, 4) is 0 Å². The topological polar surface area (TPSA) is 141 Å². The summed E-state index contributed by atoms with van der Waals surface area (Å²) >= 11 is 0. The first-order valence-corrected chi connectivity index (χ1v) is 6.24. The first-order chi connectivity index (χ1) is 10.6. The van der Waals surface area contributed by atoms with E-state index in [4.69, 9.17) is 9.47 Å². The molecule has 22 heavy (non-hydrogen) atoms. The molecule has 0 radical (unpaired) electrons. The second-order valence-corrected chi connectivity index (χ2v) is 3.45. The van der Waals surface area contributed by atoms with E-state index in [-0.39, 0.29) is 39.6 Å². The number of nitrogens with one attached hydrogen (secondary N) is 3. The van der Waals surface area contributed by atoms with Crippen molar-refractivity contribution >= 4 is 24.6 Å². The first kappa shape index (κ1) is 19.4. The fourth-order valence-corrected chi connectivity index (χ4v) is 0.976. The summed E-state index contributed by atoms with van der Waals surface area (Å²) in [6.07, 6.45) is -1.60. The summed E-state index contributed by atoms with van der Waals surface area (Å²) in [6.45, 7) is -0.0362. The van der Waals surface area contributed by atoms with Crippen LogP contribution >= 0.6 is 0 Å². The Labute approximate surface area is 126 Å². The molecule has 0 aromatic carbocycles. The molecule has 0 fully saturated rings. The predicted molar refractivity (Wildman–Crippen MR) is 71.1 cm³/mol. The molecular weight excluding hydrogens is 302 g/mol. The average Bonchev–Trinajstić information content (AvgIpc) is 2.51. The molecule has 0 unspecified atom stereocenters. The molecule has 0 spiro atoms. The number of aldehydes is 1. The van der Waals surface area contributed by atoms with Crippen LogP contribution in [-0.2, 0) is 23.7 Å². The molecule has 11 nitrogen and oxygen atoms in total. The van der Waals surface area contributed by atoms with Crippen LogP contribution in [0.4, 0.5) is 14.4 Å². The molecule has 0 atom stereocenters. The van der Waals surface area contributed by atoms with Gasteiger partial charge in [0.1, 0.15) is 19.5 Å². The van der Waals surface area contributed by atoms with E-state index in [2.05, 4.69) is 25.4 Å². The van der Waals surface area contributed by atoms with Gasteiger partial charge in [-0.05, 0) is 0 Å². The number of amides is 3. The van der Waals surface area contributed by atoms with Gasteiger partial charge in [-0.15, -0.1) is 0 Å². The molecule has 3 amide bonds. The largest absolute Gasteiger partial charge is 0.453 e. The van der Waals surface area contributed by atoms with Gasteiger partial charge in [0.2, 0.25) is 0 Å². The number of hydrogen-bond donors (Lipinski definition) is 3. The minimum atomic E-state index is -0.732. The third-order valence-corrected chi connectivity index (χ3v) is 1.90. The molecule has 0 aliphatic carbocycles. The van der Waals surface area contributed by atoms with Gasteiger partial charge in [0.05, 0.1) is 33.5 Å². The van der Waals surface area contributed by atoms with Crippen LogP contribution in [0.1, 0.15) is 0 Å². The van der Waals surface area contributed by atoms with Crippen LogP contribution in [0.25, 0.3) is 0 Å². The molecule has 0 saturated carbocycles. The van der Waals surface area contributed by atoms with E-state index in [9.17, 15) is 19.2 Å². The lowest BCUT2D eigenvalue weighted by atomic mass is 10.7. The third kappa shape index (κ3) is 12.5. The lowest BCUT2D eigenvalue weighted by Crippen LogP contribution is -2.37. The van der Waals surface area contributed by atoms with Crippen LogP contribution in [-0.4, -0.2) is 71.3 Å². The summed E-state index contributed by atoms with van der Waals surface area (Å²) in [5, 5.41) is 6.66. The SMILES string of the molecule is COC(=O)NCNC(=O)OCCOCCOC(=O)NCC=O. The van der Waals surface area contributed by atoms with Crippen molar-refractivity contribution < 1.29 is 38.1 Å². The summed E-state index contributed by atoms with van der Waals surface area (Å²) < 4.78 is 18.7. The van der Waals surface area contributed by atoms with Crippen LogP contribution < -0.4 is 16.0 Å². The minimum absolute atomic E-state index is 0.0000633. The summed E-state index contributed by atoms with van der Waals surface area (Å²) in [6, 6.07) is 0. The van der Waals surface area contributed by atoms with Crippen molar-refractivity contribution in [1.29, 1.82) is 0 Å². The van der Waals surface area contributed by atoms with Crippen molar-refractivity contribution in [3.05, 3.63) is 0 Å². The predicted octanol–water partition coefficient (Wildman–Crippen LogP) is -1.03. The Hall–Kier alpha value is -2.56. The Morgan fingerprint density at radius 1 is 0.864 bits per heavy atom. The highest BCUT2D eigenvalue weighted by atomic mass is 16.6. The van der Waals surface area contributed by atoms with Gasteiger partial charge >= 0.3 is 18.3 Å². The number of carbonyl (C=O) groups is 4. The highest BCUT2D eigenvalue weighted by Crippen LogP contribution is 1.83.